The zero-order valence-corrected chi connectivity index (χ0v) is 10.6. The number of pyridine rings is 1. The molecule has 0 aliphatic heterocycles. The Kier molecular flexibility index (Phi) is 2.49. The summed E-state index contributed by atoms with van der Waals surface area (Å²) in [5.41, 5.74) is 2.05. The lowest BCUT2D eigenvalue weighted by Crippen LogP contribution is -2.28. The number of hydrogen-bond acceptors (Lipinski definition) is 2. The Labute approximate surface area is 102 Å². The van der Waals surface area contributed by atoms with Gasteiger partial charge in [0.15, 0.2) is 0 Å². The molecule has 2 fully saturated rings. The molecule has 3 nitrogen and oxygen atoms in total. The fourth-order valence-electron chi connectivity index (χ4n) is 2.60. The van der Waals surface area contributed by atoms with E-state index >= 15 is 0 Å². The highest BCUT2D eigenvalue weighted by Crippen LogP contribution is 2.41. The van der Waals surface area contributed by atoms with Crippen LogP contribution in [0.15, 0.2) is 17.2 Å². The summed E-state index contributed by atoms with van der Waals surface area (Å²) in [6.45, 7) is 2.18. The van der Waals surface area contributed by atoms with Crippen LogP contribution in [-0.2, 0) is 0 Å². The van der Waals surface area contributed by atoms with Crippen LogP contribution in [0, 0.1) is 5.92 Å². The van der Waals surface area contributed by atoms with Gasteiger partial charge in [0.2, 0.25) is 5.43 Å². The van der Waals surface area contributed by atoms with Gasteiger partial charge in [0.25, 0.3) is 0 Å². The summed E-state index contributed by atoms with van der Waals surface area (Å²) in [4.78, 5) is 17.8. The van der Waals surface area contributed by atoms with Crippen molar-refractivity contribution in [3.63, 3.8) is 0 Å². The summed E-state index contributed by atoms with van der Waals surface area (Å²) < 4.78 is 0. The second-order valence-corrected chi connectivity index (χ2v) is 5.59. The second kappa shape index (κ2) is 3.90. The van der Waals surface area contributed by atoms with Crippen LogP contribution in [0.5, 0.6) is 0 Å². The highest BCUT2D eigenvalue weighted by molar-refractivity contribution is 5.48. The highest BCUT2D eigenvalue weighted by atomic mass is 16.1. The minimum absolute atomic E-state index is 0.234. The van der Waals surface area contributed by atoms with Crippen molar-refractivity contribution in [2.24, 2.45) is 5.92 Å². The maximum Gasteiger partial charge on any atom is 0.208 e. The van der Waals surface area contributed by atoms with Gasteiger partial charge in [-0.25, -0.2) is 0 Å². The molecule has 1 heterocycles. The lowest BCUT2D eigenvalue weighted by Gasteiger charge is -2.19. The second-order valence-electron chi connectivity index (χ2n) is 5.59. The molecule has 17 heavy (non-hydrogen) atoms. The van der Waals surface area contributed by atoms with E-state index in [0.29, 0.717) is 12.0 Å². The van der Waals surface area contributed by atoms with Crippen molar-refractivity contribution in [1.29, 1.82) is 0 Å². The first-order valence-corrected chi connectivity index (χ1v) is 6.62. The van der Waals surface area contributed by atoms with Crippen molar-refractivity contribution in [3.05, 3.63) is 28.2 Å². The molecule has 0 aromatic carbocycles. The van der Waals surface area contributed by atoms with E-state index in [4.69, 9.17) is 0 Å². The van der Waals surface area contributed by atoms with Crippen molar-refractivity contribution >= 4 is 5.69 Å². The molecule has 1 unspecified atom stereocenters. The number of aromatic amines is 1. The van der Waals surface area contributed by atoms with Crippen LogP contribution >= 0.6 is 0 Å². The SMILES string of the molecule is CC(c1c[nH]cc(N(C)C2CC2)c1=O)C1CC1. The van der Waals surface area contributed by atoms with Gasteiger partial charge in [-0.15, -0.1) is 0 Å². The van der Waals surface area contributed by atoms with E-state index in [1.54, 1.807) is 0 Å². The third-order valence-corrected chi connectivity index (χ3v) is 4.25. The normalized spacial score (nSPS) is 21.3. The van der Waals surface area contributed by atoms with E-state index < -0.39 is 0 Å². The average Bonchev–Trinajstić information content (AvgIpc) is 3.20. The van der Waals surface area contributed by atoms with Gasteiger partial charge in [0, 0.05) is 31.0 Å². The number of rotatable bonds is 4. The van der Waals surface area contributed by atoms with E-state index in [2.05, 4.69) is 16.8 Å². The monoisotopic (exact) mass is 232 g/mol. The predicted molar refractivity (Wildman–Crippen MR) is 69.6 cm³/mol. The van der Waals surface area contributed by atoms with E-state index in [9.17, 15) is 4.79 Å². The fourth-order valence-corrected chi connectivity index (χ4v) is 2.60. The van der Waals surface area contributed by atoms with Gasteiger partial charge in [-0.1, -0.05) is 6.92 Å². The lowest BCUT2D eigenvalue weighted by molar-refractivity contribution is 0.656. The zero-order chi connectivity index (χ0) is 12.0. The molecule has 0 amide bonds. The van der Waals surface area contributed by atoms with Crippen LogP contribution in [0.25, 0.3) is 0 Å². The molecule has 2 saturated carbocycles. The third-order valence-electron chi connectivity index (χ3n) is 4.25. The van der Waals surface area contributed by atoms with Crippen molar-refractivity contribution in [2.45, 2.75) is 44.6 Å². The molecule has 1 N–H and O–H groups in total. The minimum Gasteiger partial charge on any atom is -0.367 e. The van der Waals surface area contributed by atoms with Crippen LogP contribution < -0.4 is 10.3 Å². The first-order chi connectivity index (χ1) is 8.18. The van der Waals surface area contributed by atoms with Crippen LogP contribution in [0.4, 0.5) is 5.69 Å². The minimum atomic E-state index is 0.234. The van der Waals surface area contributed by atoms with Gasteiger partial charge < -0.3 is 9.88 Å². The van der Waals surface area contributed by atoms with Crippen molar-refractivity contribution in [1.82, 2.24) is 4.98 Å². The molecule has 0 bridgehead atoms. The standard InChI is InChI=1S/C14H20N2O/c1-9(10-3-4-10)12-7-15-8-13(14(12)17)16(2)11-5-6-11/h7-11H,3-6H2,1-2H3,(H,15,17). The van der Waals surface area contributed by atoms with Crippen LogP contribution in [0.2, 0.25) is 0 Å². The van der Waals surface area contributed by atoms with Gasteiger partial charge in [-0.05, 0) is 37.5 Å². The summed E-state index contributed by atoms with van der Waals surface area (Å²) in [6.07, 6.45) is 8.75. The van der Waals surface area contributed by atoms with Gasteiger partial charge in [-0.3, -0.25) is 4.79 Å². The summed E-state index contributed by atoms with van der Waals surface area (Å²) in [5.74, 6) is 1.14. The first kappa shape index (κ1) is 10.9. The molecule has 0 radical (unpaired) electrons. The molecule has 1 atom stereocenters. The van der Waals surface area contributed by atoms with E-state index in [-0.39, 0.29) is 5.43 Å². The summed E-state index contributed by atoms with van der Waals surface area (Å²) in [5, 5.41) is 0. The Morgan fingerprint density at radius 1 is 1.29 bits per heavy atom. The molecule has 2 aliphatic rings. The van der Waals surface area contributed by atoms with E-state index in [0.717, 1.165) is 17.2 Å². The number of hydrogen-bond donors (Lipinski definition) is 1. The van der Waals surface area contributed by atoms with E-state index in [1.165, 1.54) is 25.7 Å². The molecule has 2 aliphatic carbocycles. The molecular weight excluding hydrogens is 212 g/mol. The lowest BCUT2D eigenvalue weighted by atomic mass is 9.97. The van der Waals surface area contributed by atoms with Crippen LogP contribution in [0.3, 0.4) is 0 Å². The fraction of sp³-hybridized carbons (Fsp3) is 0.643. The van der Waals surface area contributed by atoms with Crippen LogP contribution in [0.1, 0.15) is 44.1 Å². The van der Waals surface area contributed by atoms with Gasteiger partial charge >= 0.3 is 0 Å². The highest BCUT2D eigenvalue weighted by Gasteiger charge is 2.32. The molecular formula is C14H20N2O. The molecule has 92 valence electrons. The molecule has 0 saturated heterocycles. The number of H-pyrrole nitrogens is 1. The molecule has 1 aromatic heterocycles. The van der Waals surface area contributed by atoms with Crippen molar-refractivity contribution in [3.8, 4) is 0 Å². The Morgan fingerprint density at radius 3 is 2.59 bits per heavy atom. The number of anilines is 1. The van der Waals surface area contributed by atoms with Crippen LogP contribution in [-0.4, -0.2) is 18.1 Å². The Morgan fingerprint density at radius 2 is 2.00 bits per heavy atom. The van der Waals surface area contributed by atoms with Gasteiger partial charge in [0.05, 0.1) is 0 Å². The first-order valence-electron chi connectivity index (χ1n) is 6.62. The Bertz CT molecular complexity index is 432. The predicted octanol–water partition coefficient (Wildman–Crippen LogP) is 2.49. The topological polar surface area (TPSA) is 36.1 Å². The quantitative estimate of drug-likeness (QED) is 0.865. The maximum absolute atomic E-state index is 12.5. The number of nitrogens with one attached hydrogen (secondary N) is 1. The Balaban J connectivity index is 1.94. The number of nitrogens with zero attached hydrogens (tertiary/aromatic N) is 1. The largest absolute Gasteiger partial charge is 0.367 e. The maximum atomic E-state index is 12.5. The number of aromatic nitrogens is 1. The molecule has 3 heteroatoms. The summed E-state index contributed by atoms with van der Waals surface area (Å²) >= 11 is 0. The Hall–Kier alpha value is -1.25. The zero-order valence-electron chi connectivity index (χ0n) is 10.6. The summed E-state index contributed by atoms with van der Waals surface area (Å²) in [6, 6.07) is 0.586. The smallest absolute Gasteiger partial charge is 0.208 e. The molecule has 3 rings (SSSR count). The van der Waals surface area contributed by atoms with E-state index in [1.807, 2.05) is 19.4 Å². The third kappa shape index (κ3) is 1.99. The molecule has 0 spiro atoms. The van der Waals surface area contributed by atoms with Gasteiger partial charge in [-0.2, -0.15) is 0 Å². The average molecular weight is 232 g/mol. The molecule has 1 aromatic rings. The van der Waals surface area contributed by atoms with Gasteiger partial charge in [0.1, 0.15) is 5.69 Å². The van der Waals surface area contributed by atoms with Crippen molar-refractivity contribution < 1.29 is 0 Å². The summed E-state index contributed by atoms with van der Waals surface area (Å²) in [7, 11) is 2.04. The van der Waals surface area contributed by atoms with Crippen molar-refractivity contribution in [2.75, 3.05) is 11.9 Å².